The Morgan fingerprint density at radius 1 is 1.53 bits per heavy atom. The van der Waals surface area contributed by atoms with Crippen molar-refractivity contribution in [2.45, 2.75) is 39.5 Å². The molecule has 4 nitrogen and oxygen atoms in total. The Morgan fingerprint density at radius 3 is 2.71 bits per heavy atom. The number of aliphatic hydroxyl groups excluding tert-OH is 1. The lowest BCUT2D eigenvalue weighted by atomic mass is 9.66. The molecule has 0 aromatic rings. The number of carbonyl (C=O) groups is 1. The summed E-state index contributed by atoms with van der Waals surface area (Å²) in [6.45, 7) is 5.95. The molecule has 0 spiro atoms. The Bertz CT molecular complexity index is 239. The van der Waals surface area contributed by atoms with Crippen LogP contribution in [0.1, 0.15) is 39.5 Å². The van der Waals surface area contributed by atoms with Crippen LogP contribution in [0, 0.1) is 11.3 Å². The van der Waals surface area contributed by atoms with Crippen molar-refractivity contribution >= 4 is 5.91 Å². The molecule has 1 atom stereocenters. The van der Waals surface area contributed by atoms with Gasteiger partial charge in [-0.2, -0.15) is 0 Å². The topological polar surface area (TPSA) is 58.6 Å². The molecule has 0 aliphatic heterocycles. The van der Waals surface area contributed by atoms with E-state index in [1.54, 1.807) is 0 Å². The standard InChI is InChI=1S/C13H25NO3/c1-3-17-8-7-13(5-4-6-13)12(16)14-9-11(2)10-15/h11,15H,3-10H2,1-2H3,(H,14,16). The Hall–Kier alpha value is -0.610. The van der Waals surface area contributed by atoms with E-state index < -0.39 is 0 Å². The number of rotatable bonds is 8. The van der Waals surface area contributed by atoms with E-state index in [0.717, 1.165) is 25.7 Å². The summed E-state index contributed by atoms with van der Waals surface area (Å²) in [6, 6.07) is 0. The highest BCUT2D eigenvalue weighted by Gasteiger charge is 2.43. The molecular weight excluding hydrogens is 218 g/mol. The fourth-order valence-electron chi connectivity index (χ4n) is 2.12. The number of amides is 1. The maximum atomic E-state index is 12.1. The summed E-state index contributed by atoms with van der Waals surface area (Å²) >= 11 is 0. The van der Waals surface area contributed by atoms with Crippen molar-refractivity contribution in [1.29, 1.82) is 0 Å². The van der Waals surface area contributed by atoms with Crippen LogP contribution in [0.5, 0.6) is 0 Å². The van der Waals surface area contributed by atoms with Gasteiger partial charge in [0.05, 0.1) is 5.41 Å². The zero-order chi connectivity index (χ0) is 12.7. The molecule has 4 heteroatoms. The van der Waals surface area contributed by atoms with Crippen molar-refractivity contribution in [1.82, 2.24) is 5.32 Å². The van der Waals surface area contributed by atoms with Gasteiger partial charge in [0.2, 0.25) is 5.91 Å². The van der Waals surface area contributed by atoms with Crippen LogP contribution in [0.25, 0.3) is 0 Å². The molecule has 0 bridgehead atoms. The maximum absolute atomic E-state index is 12.1. The molecule has 100 valence electrons. The van der Waals surface area contributed by atoms with E-state index >= 15 is 0 Å². The summed E-state index contributed by atoms with van der Waals surface area (Å²) < 4.78 is 5.34. The summed E-state index contributed by atoms with van der Waals surface area (Å²) in [4.78, 5) is 12.1. The first kappa shape index (κ1) is 14.5. The average Bonchev–Trinajstić information content (AvgIpc) is 2.29. The number of nitrogens with one attached hydrogen (secondary N) is 1. The summed E-state index contributed by atoms with van der Waals surface area (Å²) in [5.74, 6) is 0.270. The average molecular weight is 243 g/mol. The summed E-state index contributed by atoms with van der Waals surface area (Å²) in [7, 11) is 0. The van der Waals surface area contributed by atoms with Crippen molar-refractivity contribution < 1.29 is 14.6 Å². The largest absolute Gasteiger partial charge is 0.396 e. The molecule has 2 N–H and O–H groups in total. The Labute approximate surface area is 104 Å². The molecule has 1 aliphatic rings. The molecule has 1 unspecified atom stereocenters. The van der Waals surface area contributed by atoms with Crippen molar-refractivity contribution in [3.05, 3.63) is 0 Å². The minimum Gasteiger partial charge on any atom is -0.396 e. The molecule has 1 amide bonds. The zero-order valence-electron chi connectivity index (χ0n) is 11.0. The first-order valence-electron chi connectivity index (χ1n) is 6.61. The Balaban J connectivity index is 2.35. The summed E-state index contributed by atoms with van der Waals surface area (Å²) in [5, 5.41) is 11.9. The van der Waals surface area contributed by atoms with Crippen molar-refractivity contribution in [2.75, 3.05) is 26.4 Å². The second-order valence-corrected chi connectivity index (χ2v) is 5.08. The van der Waals surface area contributed by atoms with Gasteiger partial charge in [-0.3, -0.25) is 4.79 Å². The van der Waals surface area contributed by atoms with Crippen molar-refractivity contribution in [3.63, 3.8) is 0 Å². The molecule has 17 heavy (non-hydrogen) atoms. The second kappa shape index (κ2) is 6.97. The predicted octanol–water partition coefficient (Wildman–Crippen LogP) is 1.33. The first-order chi connectivity index (χ1) is 8.14. The normalized spacial score (nSPS) is 19.5. The van der Waals surface area contributed by atoms with E-state index in [1.807, 2.05) is 13.8 Å². The van der Waals surface area contributed by atoms with Crippen LogP contribution >= 0.6 is 0 Å². The monoisotopic (exact) mass is 243 g/mol. The lowest BCUT2D eigenvalue weighted by Gasteiger charge is -2.40. The minimum atomic E-state index is -0.190. The Morgan fingerprint density at radius 2 is 2.24 bits per heavy atom. The van der Waals surface area contributed by atoms with E-state index in [0.29, 0.717) is 19.8 Å². The summed E-state index contributed by atoms with van der Waals surface area (Å²) in [6.07, 6.45) is 3.90. The third kappa shape index (κ3) is 3.96. The van der Waals surface area contributed by atoms with Gasteiger partial charge in [-0.25, -0.2) is 0 Å². The first-order valence-corrected chi connectivity index (χ1v) is 6.61. The molecule has 1 saturated carbocycles. The smallest absolute Gasteiger partial charge is 0.226 e. The second-order valence-electron chi connectivity index (χ2n) is 5.08. The number of hydrogen-bond acceptors (Lipinski definition) is 3. The van der Waals surface area contributed by atoms with Crippen LogP contribution in [-0.4, -0.2) is 37.4 Å². The van der Waals surface area contributed by atoms with Gasteiger partial charge >= 0.3 is 0 Å². The van der Waals surface area contributed by atoms with E-state index in [-0.39, 0.29) is 23.8 Å². The SMILES string of the molecule is CCOCCC1(C(=O)NCC(C)CO)CCC1. The van der Waals surface area contributed by atoms with Gasteiger partial charge in [0.25, 0.3) is 0 Å². The van der Waals surface area contributed by atoms with Gasteiger partial charge in [0, 0.05) is 26.4 Å². The predicted molar refractivity (Wildman–Crippen MR) is 66.7 cm³/mol. The van der Waals surface area contributed by atoms with Crippen molar-refractivity contribution in [3.8, 4) is 0 Å². The lowest BCUT2D eigenvalue weighted by Crippen LogP contribution is -2.47. The van der Waals surface area contributed by atoms with Crippen LogP contribution in [-0.2, 0) is 9.53 Å². The number of aliphatic hydroxyl groups is 1. The summed E-state index contributed by atoms with van der Waals surface area (Å²) in [5.41, 5.74) is -0.190. The Kier molecular flexibility index (Phi) is 5.92. The molecule has 0 aromatic heterocycles. The van der Waals surface area contributed by atoms with Crippen molar-refractivity contribution in [2.24, 2.45) is 11.3 Å². The van der Waals surface area contributed by atoms with Gasteiger partial charge in [0.1, 0.15) is 0 Å². The van der Waals surface area contributed by atoms with E-state index in [9.17, 15) is 4.79 Å². The number of ether oxygens (including phenoxy) is 1. The third-order valence-electron chi connectivity index (χ3n) is 3.64. The number of carbonyl (C=O) groups excluding carboxylic acids is 1. The van der Waals surface area contributed by atoms with Gasteiger partial charge in [-0.1, -0.05) is 13.3 Å². The minimum absolute atomic E-state index is 0.117. The molecular formula is C13H25NO3. The van der Waals surface area contributed by atoms with Gasteiger partial charge in [-0.05, 0) is 32.1 Å². The number of hydrogen-bond donors (Lipinski definition) is 2. The van der Waals surface area contributed by atoms with Gasteiger partial charge < -0.3 is 15.2 Å². The van der Waals surface area contributed by atoms with Crippen LogP contribution in [0.3, 0.4) is 0 Å². The molecule has 0 saturated heterocycles. The molecule has 1 fully saturated rings. The third-order valence-corrected chi connectivity index (χ3v) is 3.64. The molecule has 0 aromatic carbocycles. The zero-order valence-corrected chi connectivity index (χ0v) is 11.0. The van der Waals surface area contributed by atoms with Crippen LogP contribution in [0.15, 0.2) is 0 Å². The highest BCUT2D eigenvalue weighted by atomic mass is 16.5. The van der Waals surface area contributed by atoms with E-state index in [2.05, 4.69) is 5.32 Å². The fraction of sp³-hybridized carbons (Fsp3) is 0.923. The molecule has 0 heterocycles. The maximum Gasteiger partial charge on any atom is 0.226 e. The highest BCUT2D eigenvalue weighted by Crippen LogP contribution is 2.44. The molecule has 1 rings (SSSR count). The molecule has 1 aliphatic carbocycles. The quantitative estimate of drug-likeness (QED) is 0.632. The fourth-order valence-corrected chi connectivity index (χ4v) is 2.12. The van der Waals surface area contributed by atoms with Crippen LogP contribution in [0.4, 0.5) is 0 Å². The van der Waals surface area contributed by atoms with Crippen LogP contribution in [0.2, 0.25) is 0 Å². The van der Waals surface area contributed by atoms with Crippen LogP contribution < -0.4 is 5.32 Å². The van der Waals surface area contributed by atoms with Gasteiger partial charge in [-0.15, -0.1) is 0 Å². The van der Waals surface area contributed by atoms with E-state index in [4.69, 9.17) is 9.84 Å². The molecule has 0 radical (unpaired) electrons. The van der Waals surface area contributed by atoms with Gasteiger partial charge in [0.15, 0.2) is 0 Å². The highest BCUT2D eigenvalue weighted by molar-refractivity contribution is 5.83. The lowest BCUT2D eigenvalue weighted by molar-refractivity contribution is -0.137. The van der Waals surface area contributed by atoms with E-state index in [1.165, 1.54) is 0 Å².